The summed E-state index contributed by atoms with van der Waals surface area (Å²) in [5, 5.41) is 0. The molecule has 460 valence electrons. The van der Waals surface area contributed by atoms with Crippen molar-refractivity contribution in [3.05, 3.63) is 170 Å². The van der Waals surface area contributed by atoms with E-state index in [0.29, 0.717) is 19.3 Å². The number of esters is 3. The molecule has 0 bridgehead atoms. The number of hydrogen-bond acceptors (Lipinski definition) is 6. The van der Waals surface area contributed by atoms with E-state index in [1.54, 1.807) is 0 Å². The van der Waals surface area contributed by atoms with E-state index in [0.717, 1.165) is 167 Å². The molecular weight excluding hydrogens is 1010 g/mol. The van der Waals surface area contributed by atoms with E-state index in [9.17, 15) is 14.4 Å². The molecular formula is C76H120O6. The standard InChI is InChI=1S/C76H120O6/c1-4-7-10-13-16-18-20-22-24-26-28-30-32-34-36-38-40-42-44-46-48-50-52-54-56-58-60-63-66-69-75(78)81-72-73(71-80-74(77)68-65-62-15-12-9-6-3)82-76(79)70-67-64-61-59-57-55-53-51-49-47-45-43-41-39-37-35-33-31-29-27-25-23-21-19-17-14-11-8-5-2/h7-8,10-11,16-19,22-25,28-31,34-37,40-43,46,48,52,54,73H,4-6,9,12-15,20-21,26-27,32-33,38-39,44-45,47,49-51,53,55-72H2,1-3H3/b10-7-,11-8-,18-16-,19-17-,24-22-,25-23-,30-28-,31-29-,36-34-,37-35-,42-40-,43-41-,48-46-,54-52-. The molecule has 0 aromatic rings. The van der Waals surface area contributed by atoms with Gasteiger partial charge >= 0.3 is 17.9 Å². The average Bonchev–Trinajstić information content (AvgIpc) is 3.47. The first-order valence-corrected chi connectivity index (χ1v) is 33.1. The van der Waals surface area contributed by atoms with Crippen LogP contribution in [0.4, 0.5) is 0 Å². The largest absolute Gasteiger partial charge is 0.462 e. The predicted molar refractivity (Wildman–Crippen MR) is 357 cm³/mol. The molecule has 0 aliphatic heterocycles. The van der Waals surface area contributed by atoms with Crippen LogP contribution in [0.1, 0.15) is 271 Å². The van der Waals surface area contributed by atoms with Crippen LogP contribution < -0.4 is 0 Å². The normalized spacial score (nSPS) is 13.3. The molecule has 6 heteroatoms. The second-order valence-electron chi connectivity index (χ2n) is 21.3. The van der Waals surface area contributed by atoms with E-state index in [2.05, 4.69) is 191 Å². The second-order valence-corrected chi connectivity index (χ2v) is 21.3. The summed E-state index contributed by atoms with van der Waals surface area (Å²) in [5.41, 5.74) is 0. The number of hydrogen-bond donors (Lipinski definition) is 0. The van der Waals surface area contributed by atoms with E-state index in [-0.39, 0.29) is 31.1 Å². The lowest BCUT2D eigenvalue weighted by atomic mass is 10.0. The molecule has 0 aliphatic carbocycles. The first kappa shape index (κ1) is 76.8. The Kier molecular flexibility index (Phi) is 63.9. The molecule has 0 saturated heterocycles. The highest BCUT2D eigenvalue weighted by Gasteiger charge is 2.19. The van der Waals surface area contributed by atoms with Crippen LogP contribution in [0.25, 0.3) is 0 Å². The van der Waals surface area contributed by atoms with Crippen LogP contribution in [0.2, 0.25) is 0 Å². The summed E-state index contributed by atoms with van der Waals surface area (Å²) in [4.78, 5) is 38.1. The van der Waals surface area contributed by atoms with E-state index < -0.39 is 6.10 Å². The minimum atomic E-state index is -0.797. The minimum Gasteiger partial charge on any atom is -0.462 e. The number of carbonyl (C=O) groups is 3. The van der Waals surface area contributed by atoms with Crippen molar-refractivity contribution in [2.24, 2.45) is 0 Å². The molecule has 1 atom stereocenters. The fourth-order valence-corrected chi connectivity index (χ4v) is 8.58. The first-order valence-electron chi connectivity index (χ1n) is 33.1. The number of ether oxygens (including phenoxy) is 3. The van der Waals surface area contributed by atoms with Crippen molar-refractivity contribution in [3.8, 4) is 0 Å². The third kappa shape index (κ3) is 65.6. The number of carbonyl (C=O) groups excluding carboxylic acids is 3. The highest BCUT2D eigenvalue weighted by atomic mass is 16.6. The first-order chi connectivity index (χ1) is 40.5. The molecule has 1 unspecified atom stereocenters. The molecule has 0 amide bonds. The van der Waals surface area contributed by atoms with Crippen molar-refractivity contribution in [2.75, 3.05) is 13.2 Å². The molecule has 0 radical (unpaired) electrons. The van der Waals surface area contributed by atoms with Gasteiger partial charge in [0.25, 0.3) is 0 Å². The fraction of sp³-hybridized carbons (Fsp3) is 0.592. The van der Waals surface area contributed by atoms with Crippen LogP contribution in [-0.2, 0) is 28.6 Å². The Morgan fingerprint density at radius 3 is 0.744 bits per heavy atom. The molecule has 0 N–H and O–H groups in total. The lowest BCUT2D eigenvalue weighted by Crippen LogP contribution is -2.30. The summed E-state index contributed by atoms with van der Waals surface area (Å²) < 4.78 is 16.8. The van der Waals surface area contributed by atoms with Crippen molar-refractivity contribution in [3.63, 3.8) is 0 Å². The Hall–Kier alpha value is -5.23. The second kappa shape index (κ2) is 68.3. The van der Waals surface area contributed by atoms with Gasteiger partial charge in [0.2, 0.25) is 0 Å². The van der Waals surface area contributed by atoms with Gasteiger partial charge in [-0.3, -0.25) is 14.4 Å². The maximum atomic E-state index is 12.9. The highest BCUT2D eigenvalue weighted by molar-refractivity contribution is 5.71. The summed E-state index contributed by atoms with van der Waals surface area (Å²) in [7, 11) is 0. The predicted octanol–water partition coefficient (Wildman–Crippen LogP) is 23.0. The van der Waals surface area contributed by atoms with Gasteiger partial charge in [-0.05, 0) is 135 Å². The smallest absolute Gasteiger partial charge is 0.306 e. The van der Waals surface area contributed by atoms with Gasteiger partial charge in [-0.1, -0.05) is 287 Å². The van der Waals surface area contributed by atoms with Gasteiger partial charge in [-0.15, -0.1) is 0 Å². The summed E-state index contributed by atoms with van der Waals surface area (Å²) in [6, 6.07) is 0. The van der Waals surface area contributed by atoms with Crippen molar-refractivity contribution < 1.29 is 28.6 Å². The molecule has 0 aromatic carbocycles. The topological polar surface area (TPSA) is 78.9 Å². The zero-order chi connectivity index (χ0) is 59.2. The van der Waals surface area contributed by atoms with E-state index >= 15 is 0 Å². The molecule has 6 nitrogen and oxygen atoms in total. The van der Waals surface area contributed by atoms with E-state index in [4.69, 9.17) is 14.2 Å². The van der Waals surface area contributed by atoms with Gasteiger partial charge in [-0.2, -0.15) is 0 Å². The zero-order valence-corrected chi connectivity index (χ0v) is 52.7. The average molecular weight is 1130 g/mol. The molecule has 0 fully saturated rings. The van der Waals surface area contributed by atoms with Gasteiger partial charge < -0.3 is 14.2 Å². The molecule has 0 rings (SSSR count). The maximum Gasteiger partial charge on any atom is 0.306 e. The summed E-state index contributed by atoms with van der Waals surface area (Å²) in [6.07, 6.45) is 101. The van der Waals surface area contributed by atoms with Crippen molar-refractivity contribution >= 4 is 17.9 Å². The van der Waals surface area contributed by atoms with Gasteiger partial charge in [-0.25, -0.2) is 0 Å². The van der Waals surface area contributed by atoms with E-state index in [1.165, 1.54) is 64.2 Å². The lowest BCUT2D eigenvalue weighted by Gasteiger charge is -2.18. The molecule has 0 spiro atoms. The zero-order valence-electron chi connectivity index (χ0n) is 52.7. The van der Waals surface area contributed by atoms with Gasteiger partial charge in [0, 0.05) is 19.3 Å². The van der Waals surface area contributed by atoms with Crippen LogP contribution >= 0.6 is 0 Å². The van der Waals surface area contributed by atoms with Gasteiger partial charge in [0.15, 0.2) is 6.10 Å². The Labute approximate surface area is 504 Å². The third-order valence-corrected chi connectivity index (χ3v) is 13.5. The summed E-state index contributed by atoms with van der Waals surface area (Å²) in [6.45, 7) is 6.32. The number of rotatable bonds is 58. The fourth-order valence-electron chi connectivity index (χ4n) is 8.58. The maximum absolute atomic E-state index is 12.9. The highest BCUT2D eigenvalue weighted by Crippen LogP contribution is 2.15. The van der Waals surface area contributed by atoms with Crippen LogP contribution in [0.15, 0.2) is 170 Å². The monoisotopic (exact) mass is 1130 g/mol. The molecule has 0 aliphatic rings. The van der Waals surface area contributed by atoms with Crippen LogP contribution in [-0.4, -0.2) is 37.2 Å². The van der Waals surface area contributed by atoms with Crippen molar-refractivity contribution in [1.82, 2.24) is 0 Å². The Balaban J connectivity index is 4.20. The van der Waals surface area contributed by atoms with Crippen LogP contribution in [0.5, 0.6) is 0 Å². The lowest BCUT2D eigenvalue weighted by molar-refractivity contribution is -0.167. The molecule has 0 heterocycles. The van der Waals surface area contributed by atoms with Crippen molar-refractivity contribution in [2.45, 2.75) is 277 Å². The quantitative estimate of drug-likeness (QED) is 0.0261. The van der Waals surface area contributed by atoms with Crippen molar-refractivity contribution in [1.29, 1.82) is 0 Å². The Morgan fingerprint density at radius 1 is 0.256 bits per heavy atom. The third-order valence-electron chi connectivity index (χ3n) is 13.5. The molecule has 0 saturated carbocycles. The molecule has 82 heavy (non-hydrogen) atoms. The summed E-state index contributed by atoms with van der Waals surface area (Å²) >= 11 is 0. The summed E-state index contributed by atoms with van der Waals surface area (Å²) in [5.74, 6) is -0.939. The Bertz CT molecular complexity index is 1870. The number of unbranched alkanes of at least 4 members (excludes halogenated alkanes) is 19. The number of allylic oxidation sites excluding steroid dienone is 28. The van der Waals surface area contributed by atoms with Crippen LogP contribution in [0, 0.1) is 0 Å². The SMILES string of the molecule is CC/C=C\C/C=C\C/C=C\C/C=C\C/C=C\C/C=C\C/C=C\C/C=C\CCCCCCC(=O)OCC(COC(=O)CCCCCCCC)OC(=O)CCCCCCCCCCCC/C=C\C/C=C\C/C=C\C/C=C\C/C=C\C/C=C\CC. The minimum absolute atomic E-state index is 0.0943. The molecule has 0 aromatic heterocycles. The van der Waals surface area contributed by atoms with Gasteiger partial charge in [0.1, 0.15) is 13.2 Å². The Morgan fingerprint density at radius 2 is 0.476 bits per heavy atom. The van der Waals surface area contributed by atoms with Gasteiger partial charge in [0.05, 0.1) is 0 Å². The van der Waals surface area contributed by atoms with Crippen LogP contribution in [0.3, 0.4) is 0 Å². The van der Waals surface area contributed by atoms with E-state index in [1.807, 2.05) is 0 Å².